The Morgan fingerprint density at radius 2 is 1.81 bits per heavy atom. The maximum absolute atomic E-state index is 11.2. The van der Waals surface area contributed by atoms with E-state index in [1.54, 1.807) is 31.6 Å². The first kappa shape index (κ1) is 30.1. The molecule has 1 aromatic heterocycles. The first-order chi connectivity index (χ1) is 20.9. The van der Waals surface area contributed by atoms with Crippen molar-refractivity contribution >= 4 is 23.2 Å². The Labute approximate surface area is 252 Å². The fourth-order valence-corrected chi connectivity index (χ4v) is 5.51. The lowest BCUT2D eigenvalue weighted by atomic mass is 10.0. The van der Waals surface area contributed by atoms with Gasteiger partial charge in [-0.2, -0.15) is 5.26 Å². The summed E-state index contributed by atoms with van der Waals surface area (Å²) in [6.07, 6.45) is 5.43. The van der Waals surface area contributed by atoms with Crippen LogP contribution in [0.15, 0.2) is 48.8 Å². The summed E-state index contributed by atoms with van der Waals surface area (Å²) in [5, 5.41) is 15.5. The average molecular weight is 586 g/mol. The molecule has 0 saturated carbocycles. The van der Waals surface area contributed by atoms with Gasteiger partial charge in [-0.15, -0.1) is 0 Å². The van der Waals surface area contributed by atoms with Crippen LogP contribution < -0.4 is 25.0 Å². The third-order valence-electron chi connectivity index (χ3n) is 7.88. The lowest BCUT2D eigenvalue weighted by molar-refractivity contribution is -0.119. The maximum atomic E-state index is 11.2. The normalized spacial score (nSPS) is 16.7. The molecule has 2 saturated heterocycles. The van der Waals surface area contributed by atoms with Crippen LogP contribution in [-0.4, -0.2) is 86.0 Å². The van der Waals surface area contributed by atoms with E-state index in [1.165, 1.54) is 6.92 Å². The second-order valence-corrected chi connectivity index (χ2v) is 10.9. The number of anilines is 3. The first-order valence-corrected chi connectivity index (χ1v) is 14.7. The summed E-state index contributed by atoms with van der Waals surface area (Å²) in [6.45, 7) is 9.40. The Balaban J connectivity index is 1.22. The highest BCUT2D eigenvalue weighted by Crippen LogP contribution is 2.33. The summed E-state index contributed by atoms with van der Waals surface area (Å²) in [6, 6.07) is 14.3. The highest BCUT2D eigenvalue weighted by Gasteiger charge is 2.26. The molecule has 1 amide bonds. The lowest BCUT2D eigenvalue weighted by Gasteiger charge is -2.40. The number of nitrogens with one attached hydrogen (secondary N) is 2. The molecule has 11 nitrogen and oxygen atoms in total. The van der Waals surface area contributed by atoms with Gasteiger partial charge in [-0.05, 0) is 49.6 Å². The van der Waals surface area contributed by atoms with E-state index in [0.717, 1.165) is 80.5 Å². The molecule has 43 heavy (non-hydrogen) atoms. The van der Waals surface area contributed by atoms with Crippen molar-refractivity contribution < 1.29 is 19.0 Å². The van der Waals surface area contributed by atoms with Crippen molar-refractivity contribution in [3.8, 4) is 28.7 Å². The minimum Gasteiger partial charge on any atom is -0.494 e. The number of aromatic nitrogens is 2. The largest absolute Gasteiger partial charge is 0.494 e. The number of morpholine rings is 1. The standard InChI is InChI=1S/C32H39N7O4/c1-22(19-34-23(2)40)43-30-16-24(4-5-25(30)18-33)26-20-35-32(36-21-26)37-29-7-6-28(17-31(29)41-3)38-10-8-27(9-11-38)39-12-14-42-15-13-39/h4-7,16-17,20-22,27H,8-15,19H2,1-3H3,(H,34,40)(H,35,36,37). The minimum absolute atomic E-state index is 0.135. The van der Waals surface area contributed by atoms with Crippen molar-refractivity contribution in [2.75, 3.05) is 63.3 Å². The van der Waals surface area contributed by atoms with Gasteiger partial charge in [0.2, 0.25) is 11.9 Å². The molecule has 0 aliphatic carbocycles. The molecule has 2 aliphatic heterocycles. The predicted molar refractivity (Wildman–Crippen MR) is 165 cm³/mol. The number of ether oxygens (including phenoxy) is 3. The molecule has 0 radical (unpaired) electrons. The molecule has 3 heterocycles. The Bertz CT molecular complexity index is 1430. The van der Waals surface area contributed by atoms with Crippen molar-refractivity contribution in [2.45, 2.75) is 38.8 Å². The van der Waals surface area contributed by atoms with Gasteiger partial charge in [0.05, 0.1) is 38.1 Å². The van der Waals surface area contributed by atoms with Crippen LogP contribution in [0.4, 0.5) is 17.3 Å². The molecular weight excluding hydrogens is 546 g/mol. The summed E-state index contributed by atoms with van der Waals surface area (Å²) in [5.74, 6) is 1.47. The molecule has 5 rings (SSSR count). The summed E-state index contributed by atoms with van der Waals surface area (Å²) < 4.78 is 17.2. The van der Waals surface area contributed by atoms with Crippen LogP contribution in [0.5, 0.6) is 11.5 Å². The third kappa shape index (κ3) is 7.71. The van der Waals surface area contributed by atoms with E-state index < -0.39 is 0 Å². The van der Waals surface area contributed by atoms with Crippen molar-refractivity contribution in [3.63, 3.8) is 0 Å². The van der Waals surface area contributed by atoms with E-state index >= 15 is 0 Å². The smallest absolute Gasteiger partial charge is 0.227 e. The maximum Gasteiger partial charge on any atom is 0.227 e. The van der Waals surface area contributed by atoms with Crippen LogP contribution in [0, 0.1) is 11.3 Å². The zero-order valence-electron chi connectivity index (χ0n) is 25.0. The zero-order chi connectivity index (χ0) is 30.2. The molecule has 0 bridgehead atoms. The van der Waals surface area contributed by atoms with Crippen LogP contribution in [-0.2, 0) is 9.53 Å². The molecule has 1 unspecified atom stereocenters. The molecule has 2 N–H and O–H groups in total. The summed E-state index contributed by atoms with van der Waals surface area (Å²) in [5.41, 5.74) is 3.92. The molecule has 2 fully saturated rings. The van der Waals surface area contributed by atoms with E-state index in [2.05, 4.69) is 48.6 Å². The fourth-order valence-electron chi connectivity index (χ4n) is 5.51. The fraction of sp³-hybridized carbons (Fsp3) is 0.438. The summed E-state index contributed by atoms with van der Waals surface area (Å²) in [7, 11) is 1.67. The Morgan fingerprint density at radius 3 is 2.49 bits per heavy atom. The van der Waals surface area contributed by atoms with Gasteiger partial charge in [0.15, 0.2) is 0 Å². The van der Waals surface area contributed by atoms with Crippen molar-refractivity contribution in [1.82, 2.24) is 20.2 Å². The average Bonchev–Trinajstić information content (AvgIpc) is 3.05. The molecule has 0 spiro atoms. The van der Waals surface area contributed by atoms with Crippen molar-refractivity contribution in [1.29, 1.82) is 5.26 Å². The van der Waals surface area contributed by atoms with Gasteiger partial charge in [-0.25, -0.2) is 9.97 Å². The molecule has 11 heteroatoms. The number of carbonyl (C=O) groups excluding carboxylic acids is 1. The summed E-state index contributed by atoms with van der Waals surface area (Å²) >= 11 is 0. The molecular formula is C32H39N7O4. The van der Waals surface area contributed by atoms with E-state index in [-0.39, 0.29) is 12.0 Å². The number of piperidine rings is 1. The zero-order valence-corrected chi connectivity index (χ0v) is 25.0. The molecule has 2 aromatic carbocycles. The van der Waals surface area contributed by atoms with E-state index in [1.807, 2.05) is 19.1 Å². The summed E-state index contributed by atoms with van der Waals surface area (Å²) in [4.78, 5) is 25.3. The highest BCUT2D eigenvalue weighted by atomic mass is 16.5. The van der Waals surface area contributed by atoms with Gasteiger partial charge in [-0.1, -0.05) is 6.07 Å². The third-order valence-corrected chi connectivity index (χ3v) is 7.88. The van der Waals surface area contributed by atoms with Gasteiger partial charge in [0, 0.05) is 68.9 Å². The van der Waals surface area contributed by atoms with Crippen LogP contribution in [0.25, 0.3) is 11.1 Å². The molecule has 226 valence electrons. The quantitative estimate of drug-likeness (QED) is 0.361. The van der Waals surface area contributed by atoms with Crippen LogP contribution in [0.1, 0.15) is 32.3 Å². The van der Waals surface area contributed by atoms with Gasteiger partial charge >= 0.3 is 0 Å². The molecule has 3 aromatic rings. The van der Waals surface area contributed by atoms with E-state index in [4.69, 9.17) is 14.2 Å². The minimum atomic E-state index is -0.308. The SMILES string of the molecule is COc1cc(N2CCC(N3CCOCC3)CC2)ccc1Nc1ncc(-c2ccc(C#N)c(OC(C)CNC(C)=O)c2)cn1. The number of rotatable bonds is 10. The van der Waals surface area contributed by atoms with Crippen LogP contribution in [0.3, 0.4) is 0 Å². The second-order valence-electron chi connectivity index (χ2n) is 10.9. The Morgan fingerprint density at radius 1 is 1.07 bits per heavy atom. The topological polar surface area (TPSA) is 125 Å². The Hall–Kier alpha value is -4.40. The van der Waals surface area contributed by atoms with Crippen LogP contribution in [0.2, 0.25) is 0 Å². The van der Waals surface area contributed by atoms with Gasteiger partial charge in [0.1, 0.15) is 23.7 Å². The molecule has 1 atom stereocenters. The van der Waals surface area contributed by atoms with Crippen molar-refractivity contribution in [3.05, 3.63) is 54.4 Å². The number of hydrogen-bond donors (Lipinski definition) is 2. The van der Waals surface area contributed by atoms with Crippen molar-refractivity contribution in [2.24, 2.45) is 0 Å². The van der Waals surface area contributed by atoms with E-state index in [0.29, 0.717) is 29.8 Å². The predicted octanol–water partition coefficient (Wildman–Crippen LogP) is 3.97. The van der Waals surface area contributed by atoms with Gasteiger partial charge in [-0.3, -0.25) is 9.69 Å². The number of amides is 1. The van der Waals surface area contributed by atoms with E-state index in [9.17, 15) is 10.1 Å². The number of nitriles is 1. The molecule has 2 aliphatic rings. The number of methoxy groups -OCH3 is 1. The number of benzene rings is 2. The highest BCUT2D eigenvalue weighted by molar-refractivity contribution is 5.73. The lowest BCUT2D eigenvalue weighted by Crippen LogP contribution is -2.49. The number of carbonyl (C=O) groups is 1. The first-order valence-electron chi connectivity index (χ1n) is 14.7. The van der Waals surface area contributed by atoms with Gasteiger partial charge in [0.25, 0.3) is 0 Å². The Kier molecular flexibility index (Phi) is 9.92. The number of hydrogen-bond acceptors (Lipinski definition) is 10. The number of nitrogens with zero attached hydrogens (tertiary/aromatic N) is 5. The monoisotopic (exact) mass is 585 g/mol. The van der Waals surface area contributed by atoms with Crippen LogP contribution >= 0.6 is 0 Å². The second kappa shape index (κ2) is 14.2. The van der Waals surface area contributed by atoms with Gasteiger partial charge < -0.3 is 29.7 Å².